The second-order valence-corrected chi connectivity index (χ2v) is 5.69. The Bertz CT molecular complexity index is 365. The maximum absolute atomic E-state index is 12.8. The lowest BCUT2D eigenvalue weighted by Crippen LogP contribution is -2.32. The summed E-state index contributed by atoms with van der Waals surface area (Å²) in [5.41, 5.74) is 0.799. The molecule has 0 amide bonds. The number of aliphatic hydroxyl groups is 2. The minimum atomic E-state index is -0.630. The predicted octanol–water partition coefficient (Wildman–Crippen LogP) is 2.25. The highest BCUT2D eigenvalue weighted by Gasteiger charge is 2.17. The summed E-state index contributed by atoms with van der Waals surface area (Å²) in [6.45, 7) is 5.67. The predicted molar refractivity (Wildman–Crippen MR) is 74.3 cm³/mol. The Kier molecular flexibility index (Phi) is 6.42. The number of hydrogen-bond acceptors (Lipinski definition) is 3. The van der Waals surface area contributed by atoms with E-state index in [2.05, 4.69) is 19.2 Å². The standard InChI is InChI=1S/C15H24FNO2/c1-15(2,8-3-9-18)11-17-10-14(19)12-4-6-13(16)7-5-12/h4-7,14,17-19H,3,8-11H2,1-2H3. The molecule has 0 aromatic heterocycles. The summed E-state index contributed by atoms with van der Waals surface area (Å²) in [5, 5.41) is 22.0. The number of aliphatic hydroxyl groups excluding tert-OH is 2. The molecule has 0 spiro atoms. The second kappa shape index (κ2) is 7.58. The first-order valence-corrected chi connectivity index (χ1v) is 6.70. The molecule has 3 N–H and O–H groups in total. The molecule has 1 aromatic carbocycles. The van der Waals surface area contributed by atoms with E-state index in [-0.39, 0.29) is 17.8 Å². The van der Waals surface area contributed by atoms with Crippen molar-refractivity contribution in [2.24, 2.45) is 5.41 Å². The first kappa shape index (κ1) is 16.1. The molecule has 0 aliphatic carbocycles. The topological polar surface area (TPSA) is 52.5 Å². The zero-order valence-corrected chi connectivity index (χ0v) is 11.7. The quantitative estimate of drug-likeness (QED) is 0.678. The smallest absolute Gasteiger partial charge is 0.123 e. The average molecular weight is 269 g/mol. The van der Waals surface area contributed by atoms with E-state index < -0.39 is 6.10 Å². The Balaban J connectivity index is 2.34. The van der Waals surface area contributed by atoms with E-state index in [1.165, 1.54) is 12.1 Å². The van der Waals surface area contributed by atoms with E-state index in [1.54, 1.807) is 12.1 Å². The maximum atomic E-state index is 12.8. The molecule has 0 radical (unpaired) electrons. The van der Waals surface area contributed by atoms with Gasteiger partial charge in [-0.15, -0.1) is 0 Å². The summed E-state index contributed by atoms with van der Waals surface area (Å²) in [7, 11) is 0. The molecule has 0 saturated heterocycles. The van der Waals surface area contributed by atoms with Crippen LogP contribution in [0.4, 0.5) is 4.39 Å². The fraction of sp³-hybridized carbons (Fsp3) is 0.600. The van der Waals surface area contributed by atoms with Crippen molar-refractivity contribution in [3.8, 4) is 0 Å². The Hall–Kier alpha value is -0.970. The van der Waals surface area contributed by atoms with Gasteiger partial charge in [0.15, 0.2) is 0 Å². The van der Waals surface area contributed by atoms with Crippen molar-refractivity contribution in [2.75, 3.05) is 19.7 Å². The molecule has 0 fully saturated rings. The average Bonchev–Trinajstić information content (AvgIpc) is 2.37. The van der Waals surface area contributed by atoms with Crippen LogP contribution in [-0.2, 0) is 0 Å². The van der Waals surface area contributed by atoms with Crippen molar-refractivity contribution in [3.63, 3.8) is 0 Å². The lowest BCUT2D eigenvalue weighted by molar-refractivity contribution is 0.165. The number of rotatable bonds is 8. The van der Waals surface area contributed by atoms with E-state index in [0.29, 0.717) is 12.1 Å². The van der Waals surface area contributed by atoms with Crippen LogP contribution in [0.25, 0.3) is 0 Å². The van der Waals surface area contributed by atoms with Crippen LogP contribution in [0.5, 0.6) is 0 Å². The lowest BCUT2D eigenvalue weighted by Gasteiger charge is -2.25. The van der Waals surface area contributed by atoms with Gasteiger partial charge in [-0.2, -0.15) is 0 Å². The first-order valence-electron chi connectivity index (χ1n) is 6.70. The van der Waals surface area contributed by atoms with E-state index in [0.717, 1.165) is 19.4 Å². The third-order valence-electron chi connectivity index (χ3n) is 3.21. The molecule has 1 unspecified atom stereocenters. The van der Waals surface area contributed by atoms with Crippen LogP contribution < -0.4 is 5.32 Å². The van der Waals surface area contributed by atoms with Crippen molar-refractivity contribution in [1.82, 2.24) is 5.32 Å². The molecule has 1 aromatic rings. The van der Waals surface area contributed by atoms with Crippen LogP contribution in [0, 0.1) is 11.2 Å². The molecule has 1 rings (SSSR count). The van der Waals surface area contributed by atoms with Crippen LogP contribution in [0.1, 0.15) is 38.4 Å². The van der Waals surface area contributed by atoms with Gasteiger partial charge in [0.05, 0.1) is 6.10 Å². The molecule has 0 aliphatic heterocycles. The van der Waals surface area contributed by atoms with Gasteiger partial charge in [-0.25, -0.2) is 4.39 Å². The molecule has 0 saturated carbocycles. The summed E-state index contributed by atoms with van der Waals surface area (Å²) in [5.74, 6) is -0.297. The fourth-order valence-corrected chi connectivity index (χ4v) is 2.00. The third kappa shape index (κ3) is 6.14. The number of hydrogen-bond donors (Lipinski definition) is 3. The summed E-state index contributed by atoms with van der Waals surface area (Å²) in [6, 6.07) is 5.89. The highest BCUT2D eigenvalue weighted by Crippen LogP contribution is 2.21. The normalized spacial score (nSPS) is 13.5. The number of halogens is 1. The lowest BCUT2D eigenvalue weighted by atomic mass is 9.88. The van der Waals surface area contributed by atoms with Crippen molar-refractivity contribution < 1.29 is 14.6 Å². The maximum Gasteiger partial charge on any atom is 0.123 e. The van der Waals surface area contributed by atoms with Gasteiger partial charge in [0.1, 0.15) is 5.82 Å². The molecule has 4 heteroatoms. The molecular weight excluding hydrogens is 245 g/mol. The Labute approximate surface area is 114 Å². The number of benzene rings is 1. The molecule has 0 heterocycles. The van der Waals surface area contributed by atoms with Gasteiger partial charge in [-0.1, -0.05) is 26.0 Å². The molecule has 3 nitrogen and oxygen atoms in total. The summed E-state index contributed by atoms with van der Waals surface area (Å²) in [6.07, 6.45) is 1.09. The minimum Gasteiger partial charge on any atom is -0.396 e. The summed E-state index contributed by atoms with van der Waals surface area (Å²) in [4.78, 5) is 0. The molecule has 0 bridgehead atoms. The van der Waals surface area contributed by atoms with Gasteiger partial charge >= 0.3 is 0 Å². The van der Waals surface area contributed by atoms with Crippen LogP contribution in [0.2, 0.25) is 0 Å². The van der Waals surface area contributed by atoms with Gasteiger partial charge in [0.25, 0.3) is 0 Å². The van der Waals surface area contributed by atoms with E-state index in [1.807, 2.05) is 0 Å². The molecule has 108 valence electrons. The van der Waals surface area contributed by atoms with Crippen molar-refractivity contribution >= 4 is 0 Å². The Morgan fingerprint density at radius 3 is 2.47 bits per heavy atom. The van der Waals surface area contributed by atoms with Gasteiger partial charge < -0.3 is 15.5 Å². The summed E-state index contributed by atoms with van der Waals surface area (Å²) >= 11 is 0. The van der Waals surface area contributed by atoms with E-state index in [9.17, 15) is 9.50 Å². The van der Waals surface area contributed by atoms with Gasteiger partial charge in [-0.3, -0.25) is 0 Å². The van der Waals surface area contributed by atoms with Crippen LogP contribution >= 0.6 is 0 Å². The fourth-order valence-electron chi connectivity index (χ4n) is 2.00. The zero-order chi connectivity index (χ0) is 14.3. The van der Waals surface area contributed by atoms with Crippen LogP contribution in [0.15, 0.2) is 24.3 Å². The van der Waals surface area contributed by atoms with Crippen molar-refractivity contribution in [1.29, 1.82) is 0 Å². The van der Waals surface area contributed by atoms with Crippen molar-refractivity contribution in [3.05, 3.63) is 35.6 Å². The monoisotopic (exact) mass is 269 g/mol. The summed E-state index contributed by atoms with van der Waals surface area (Å²) < 4.78 is 12.8. The minimum absolute atomic E-state index is 0.0885. The first-order chi connectivity index (χ1) is 8.94. The van der Waals surface area contributed by atoms with E-state index >= 15 is 0 Å². The largest absolute Gasteiger partial charge is 0.396 e. The third-order valence-corrected chi connectivity index (χ3v) is 3.21. The van der Waals surface area contributed by atoms with Gasteiger partial charge in [0.2, 0.25) is 0 Å². The SMILES string of the molecule is CC(C)(CCCO)CNCC(O)c1ccc(F)cc1. The Morgan fingerprint density at radius 2 is 1.89 bits per heavy atom. The molecule has 1 atom stereocenters. The zero-order valence-electron chi connectivity index (χ0n) is 11.7. The second-order valence-electron chi connectivity index (χ2n) is 5.69. The molecule has 19 heavy (non-hydrogen) atoms. The van der Waals surface area contributed by atoms with Crippen LogP contribution in [-0.4, -0.2) is 29.9 Å². The van der Waals surface area contributed by atoms with E-state index in [4.69, 9.17) is 5.11 Å². The molecule has 0 aliphatic rings. The van der Waals surface area contributed by atoms with Gasteiger partial charge in [0, 0.05) is 19.7 Å². The molecular formula is C15H24FNO2. The van der Waals surface area contributed by atoms with Crippen molar-refractivity contribution in [2.45, 2.75) is 32.8 Å². The number of nitrogens with one attached hydrogen (secondary N) is 1. The highest BCUT2D eigenvalue weighted by molar-refractivity contribution is 5.18. The highest BCUT2D eigenvalue weighted by atomic mass is 19.1. The van der Waals surface area contributed by atoms with Gasteiger partial charge in [-0.05, 0) is 36.0 Å². The Morgan fingerprint density at radius 1 is 1.26 bits per heavy atom. The van der Waals surface area contributed by atoms with Crippen LogP contribution in [0.3, 0.4) is 0 Å².